The van der Waals surface area contributed by atoms with Crippen LogP contribution in [-0.2, 0) is 4.74 Å². The Hall–Kier alpha value is -0.160. The van der Waals surface area contributed by atoms with Crippen molar-refractivity contribution in [1.29, 1.82) is 0 Å². The molecule has 0 amide bonds. The fourth-order valence-corrected chi connectivity index (χ4v) is 2.43. The zero-order valence-corrected chi connectivity index (χ0v) is 10.5. The van der Waals surface area contributed by atoms with Crippen LogP contribution in [0.25, 0.3) is 0 Å². The molecule has 1 fully saturated rings. The summed E-state index contributed by atoms with van der Waals surface area (Å²) >= 11 is 0. The van der Waals surface area contributed by atoms with Gasteiger partial charge in [0.1, 0.15) is 0 Å². The average Bonchev–Trinajstić information content (AvgIpc) is 2.31. The minimum absolute atomic E-state index is 0.211. The van der Waals surface area contributed by atoms with E-state index in [2.05, 4.69) is 11.8 Å². The van der Waals surface area contributed by atoms with Crippen molar-refractivity contribution in [3.8, 4) is 0 Å². The number of ether oxygens (including phenoxy) is 1. The molecule has 3 N–H and O–H groups in total. The number of nitrogens with two attached hydrogens (primary N) is 1. The maximum Gasteiger partial charge on any atom is 0.0558 e. The lowest BCUT2D eigenvalue weighted by molar-refractivity contribution is -0.00227. The van der Waals surface area contributed by atoms with Crippen LogP contribution in [0.2, 0.25) is 0 Å². The highest BCUT2D eigenvalue weighted by Crippen LogP contribution is 2.30. The lowest BCUT2D eigenvalue weighted by Gasteiger charge is -2.40. The first-order chi connectivity index (χ1) is 7.76. The van der Waals surface area contributed by atoms with Crippen LogP contribution >= 0.6 is 0 Å². The van der Waals surface area contributed by atoms with Gasteiger partial charge in [0.25, 0.3) is 0 Å². The van der Waals surface area contributed by atoms with Crippen molar-refractivity contribution in [3.05, 3.63) is 0 Å². The van der Waals surface area contributed by atoms with E-state index in [-0.39, 0.29) is 12.0 Å². The van der Waals surface area contributed by atoms with Gasteiger partial charge in [-0.2, -0.15) is 0 Å². The van der Waals surface area contributed by atoms with Gasteiger partial charge in [0.05, 0.1) is 6.61 Å². The first-order valence-electron chi connectivity index (χ1n) is 6.37. The van der Waals surface area contributed by atoms with Crippen LogP contribution in [0.5, 0.6) is 0 Å². The molecule has 0 aromatic rings. The van der Waals surface area contributed by atoms with Crippen LogP contribution in [0.15, 0.2) is 0 Å². The largest absolute Gasteiger partial charge is 0.395 e. The highest BCUT2D eigenvalue weighted by molar-refractivity contribution is 4.86. The Balaban J connectivity index is 2.50. The van der Waals surface area contributed by atoms with Gasteiger partial charge < -0.3 is 20.5 Å². The lowest BCUT2D eigenvalue weighted by Crippen LogP contribution is -2.47. The Morgan fingerprint density at radius 3 is 2.50 bits per heavy atom. The van der Waals surface area contributed by atoms with Crippen LogP contribution in [0.1, 0.15) is 26.2 Å². The molecule has 1 aliphatic rings. The van der Waals surface area contributed by atoms with Gasteiger partial charge >= 0.3 is 0 Å². The molecule has 0 aromatic heterocycles. The van der Waals surface area contributed by atoms with E-state index in [0.29, 0.717) is 0 Å². The van der Waals surface area contributed by atoms with Crippen LogP contribution < -0.4 is 5.73 Å². The monoisotopic (exact) mass is 230 g/mol. The number of aliphatic hydroxyl groups is 1. The summed E-state index contributed by atoms with van der Waals surface area (Å²) in [6.07, 6.45) is 3.22. The third kappa shape index (κ3) is 4.01. The average molecular weight is 230 g/mol. The predicted molar refractivity (Wildman–Crippen MR) is 65.4 cm³/mol. The van der Waals surface area contributed by atoms with E-state index in [1.54, 1.807) is 0 Å². The second-order valence-corrected chi connectivity index (χ2v) is 4.82. The molecule has 0 saturated carbocycles. The summed E-state index contributed by atoms with van der Waals surface area (Å²) in [5, 5.41) is 9.05. The maximum absolute atomic E-state index is 9.05. The molecular weight excluding hydrogens is 204 g/mol. The molecule has 4 nitrogen and oxygen atoms in total. The Bertz CT molecular complexity index is 176. The number of aliphatic hydroxyl groups excluding tert-OH is 1. The first kappa shape index (κ1) is 13.9. The van der Waals surface area contributed by atoms with Gasteiger partial charge in [-0.05, 0) is 37.8 Å². The van der Waals surface area contributed by atoms with Crippen molar-refractivity contribution in [1.82, 2.24) is 4.90 Å². The van der Waals surface area contributed by atoms with E-state index in [4.69, 9.17) is 15.6 Å². The molecule has 1 heterocycles. The highest BCUT2D eigenvalue weighted by atomic mass is 16.5. The molecule has 4 heteroatoms. The molecular formula is C12H26N2O2. The Morgan fingerprint density at radius 2 is 2.00 bits per heavy atom. The molecule has 0 unspecified atom stereocenters. The number of rotatable bonds is 7. The molecule has 96 valence electrons. The summed E-state index contributed by atoms with van der Waals surface area (Å²) in [6.45, 7) is 7.59. The van der Waals surface area contributed by atoms with Crippen LogP contribution in [-0.4, -0.2) is 56.0 Å². The predicted octanol–water partition coefficient (Wildman–Crippen LogP) is 0.446. The molecule has 1 saturated heterocycles. The van der Waals surface area contributed by atoms with Crippen molar-refractivity contribution < 1.29 is 9.84 Å². The number of nitrogens with zero attached hydrogens (tertiary/aromatic N) is 1. The molecule has 1 rings (SSSR count). The molecule has 0 atom stereocenters. The van der Waals surface area contributed by atoms with E-state index in [0.717, 1.165) is 58.7 Å². The Labute approximate surface area is 98.8 Å². The molecule has 1 aliphatic heterocycles. The summed E-state index contributed by atoms with van der Waals surface area (Å²) in [6, 6.07) is 0. The van der Waals surface area contributed by atoms with E-state index < -0.39 is 0 Å². The van der Waals surface area contributed by atoms with Crippen molar-refractivity contribution in [3.63, 3.8) is 0 Å². The molecule has 0 radical (unpaired) electrons. The number of hydrogen-bond acceptors (Lipinski definition) is 4. The van der Waals surface area contributed by atoms with E-state index >= 15 is 0 Å². The van der Waals surface area contributed by atoms with Crippen LogP contribution in [0.4, 0.5) is 0 Å². The Morgan fingerprint density at radius 1 is 1.31 bits per heavy atom. The fourth-order valence-electron chi connectivity index (χ4n) is 2.43. The highest BCUT2D eigenvalue weighted by Gasteiger charge is 2.32. The third-order valence-electron chi connectivity index (χ3n) is 3.50. The zero-order valence-electron chi connectivity index (χ0n) is 10.5. The van der Waals surface area contributed by atoms with Crippen LogP contribution in [0.3, 0.4) is 0 Å². The van der Waals surface area contributed by atoms with Gasteiger partial charge in [-0.25, -0.2) is 0 Å². The minimum Gasteiger partial charge on any atom is -0.395 e. The summed E-state index contributed by atoms with van der Waals surface area (Å²) in [5.74, 6) is 0. The summed E-state index contributed by atoms with van der Waals surface area (Å²) in [4.78, 5) is 2.33. The molecule has 0 bridgehead atoms. The lowest BCUT2D eigenvalue weighted by atomic mass is 9.79. The number of hydrogen-bond donors (Lipinski definition) is 2. The fraction of sp³-hybridized carbons (Fsp3) is 1.00. The first-order valence-corrected chi connectivity index (χ1v) is 6.37. The topological polar surface area (TPSA) is 58.7 Å². The van der Waals surface area contributed by atoms with E-state index in [1.165, 1.54) is 0 Å². The van der Waals surface area contributed by atoms with Gasteiger partial charge in [0.2, 0.25) is 0 Å². The second kappa shape index (κ2) is 7.22. The smallest absolute Gasteiger partial charge is 0.0558 e. The minimum atomic E-state index is 0.211. The van der Waals surface area contributed by atoms with Gasteiger partial charge in [-0.15, -0.1) is 0 Å². The second-order valence-electron chi connectivity index (χ2n) is 4.82. The summed E-state index contributed by atoms with van der Waals surface area (Å²) in [5.41, 5.74) is 6.15. The SMILES string of the molecule is CCCN(CCO)CC1(CN)CCOCC1. The third-order valence-corrected chi connectivity index (χ3v) is 3.50. The van der Waals surface area contributed by atoms with Gasteiger partial charge in [0, 0.05) is 26.3 Å². The molecule has 0 aliphatic carbocycles. The van der Waals surface area contributed by atoms with Crippen molar-refractivity contribution in [2.75, 3.05) is 46.0 Å². The molecule has 16 heavy (non-hydrogen) atoms. The summed E-state index contributed by atoms with van der Waals surface area (Å²) in [7, 11) is 0. The van der Waals surface area contributed by atoms with Crippen molar-refractivity contribution >= 4 is 0 Å². The van der Waals surface area contributed by atoms with E-state index in [1.807, 2.05) is 0 Å². The maximum atomic E-state index is 9.05. The van der Waals surface area contributed by atoms with Gasteiger partial charge in [0.15, 0.2) is 0 Å². The van der Waals surface area contributed by atoms with Gasteiger partial charge in [-0.3, -0.25) is 0 Å². The summed E-state index contributed by atoms with van der Waals surface area (Å²) < 4.78 is 5.40. The van der Waals surface area contributed by atoms with Crippen molar-refractivity contribution in [2.24, 2.45) is 11.1 Å². The van der Waals surface area contributed by atoms with Crippen molar-refractivity contribution in [2.45, 2.75) is 26.2 Å². The molecule has 0 aromatic carbocycles. The Kier molecular flexibility index (Phi) is 6.28. The quantitative estimate of drug-likeness (QED) is 0.666. The standard InChI is InChI=1S/C12H26N2O2/c1-2-5-14(6-7-15)11-12(10-13)3-8-16-9-4-12/h15H,2-11,13H2,1H3. The van der Waals surface area contributed by atoms with E-state index in [9.17, 15) is 0 Å². The normalized spacial score (nSPS) is 20.2. The zero-order chi connectivity index (χ0) is 11.9. The van der Waals surface area contributed by atoms with Gasteiger partial charge in [-0.1, -0.05) is 6.92 Å². The van der Waals surface area contributed by atoms with Crippen LogP contribution in [0, 0.1) is 5.41 Å². The molecule has 0 spiro atoms.